The van der Waals surface area contributed by atoms with Crippen LogP contribution in [0.4, 0.5) is 5.69 Å². The van der Waals surface area contributed by atoms with Crippen LogP contribution >= 0.6 is 11.3 Å². The molecule has 10 heteroatoms. The van der Waals surface area contributed by atoms with Gasteiger partial charge in [0.15, 0.2) is 4.80 Å². The zero-order valence-corrected chi connectivity index (χ0v) is 18.2. The number of carbonyl (C=O) groups is 2. The molecule has 0 aliphatic carbocycles. The van der Waals surface area contributed by atoms with Gasteiger partial charge in [0.1, 0.15) is 18.0 Å². The fourth-order valence-corrected chi connectivity index (χ4v) is 4.14. The summed E-state index contributed by atoms with van der Waals surface area (Å²) in [5.74, 6) is 0.00565. The van der Waals surface area contributed by atoms with Crippen molar-refractivity contribution in [2.75, 3.05) is 7.11 Å². The van der Waals surface area contributed by atoms with Crippen molar-refractivity contribution in [3.63, 3.8) is 0 Å². The van der Waals surface area contributed by atoms with Crippen LogP contribution in [0.2, 0.25) is 0 Å². The van der Waals surface area contributed by atoms with E-state index in [9.17, 15) is 19.7 Å². The summed E-state index contributed by atoms with van der Waals surface area (Å²) >= 11 is 1.07. The van der Waals surface area contributed by atoms with Crippen LogP contribution in [0.5, 0.6) is 11.5 Å². The Hall–Kier alpha value is -4.31. The Morgan fingerprint density at radius 3 is 2.52 bits per heavy atom. The predicted octanol–water partition coefficient (Wildman–Crippen LogP) is 4.32. The number of para-hydroxylation sites is 1. The molecule has 166 valence electrons. The van der Waals surface area contributed by atoms with Gasteiger partial charge in [-0.15, -0.1) is 0 Å². The number of hydrogen-bond donors (Lipinski definition) is 0. The number of non-ortho nitro benzene ring substituents is 1. The van der Waals surface area contributed by atoms with Crippen molar-refractivity contribution >= 4 is 39.1 Å². The standard InChI is InChI=1S/C23H17N3O6S/c1-31-21(27)14-25-19-11-10-16(26(29)30)13-20(19)33-23(25)24-22(28)15-6-5-9-18(12-15)32-17-7-3-2-4-8-17/h2-13H,14H2,1H3. The van der Waals surface area contributed by atoms with Gasteiger partial charge in [-0.3, -0.25) is 19.7 Å². The first-order chi connectivity index (χ1) is 15.9. The molecule has 0 radical (unpaired) electrons. The minimum atomic E-state index is -0.548. The number of nitrogens with zero attached hydrogens (tertiary/aromatic N) is 3. The van der Waals surface area contributed by atoms with E-state index in [1.54, 1.807) is 36.4 Å². The van der Waals surface area contributed by atoms with Crippen LogP contribution in [0.3, 0.4) is 0 Å². The van der Waals surface area contributed by atoms with Crippen molar-refractivity contribution in [3.05, 3.63) is 93.3 Å². The van der Waals surface area contributed by atoms with E-state index < -0.39 is 16.8 Å². The van der Waals surface area contributed by atoms with Gasteiger partial charge in [0, 0.05) is 17.7 Å². The molecule has 0 atom stereocenters. The fraction of sp³-hybridized carbons (Fsp3) is 0.0870. The number of nitro benzene ring substituents is 1. The maximum Gasteiger partial charge on any atom is 0.325 e. The zero-order chi connectivity index (χ0) is 23.4. The molecule has 0 spiro atoms. The van der Waals surface area contributed by atoms with Crippen LogP contribution in [-0.4, -0.2) is 28.5 Å². The third-order valence-corrected chi connectivity index (χ3v) is 5.69. The van der Waals surface area contributed by atoms with Gasteiger partial charge in [-0.25, -0.2) is 0 Å². The van der Waals surface area contributed by atoms with Gasteiger partial charge in [0.2, 0.25) is 0 Å². The lowest BCUT2D eigenvalue weighted by atomic mass is 10.2. The van der Waals surface area contributed by atoms with Gasteiger partial charge in [0.05, 0.1) is 22.2 Å². The Morgan fingerprint density at radius 1 is 1.03 bits per heavy atom. The van der Waals surface area contributed by atoms with Crippen LogP contribution in [-0.2, 0) is 16.1 Å². The maximum atomic E-state index is 12.9. The summed E-state index contributed by atoms with van der Waals surface area (Å²) < 4.78 is 12.5. The third kappa shape index (κ3) is 4.96. The lowest BCUT2D eigenvalue weighted by Crippen LogP contribution is -2.22. The molecule has 0 fully saturated rings. The monoisotopic (exact) mass is 463 g/mol. The second-order valence-electron chi connectivity index (χ2n) is 6.82. The van der Waals surface area contributed by atoms with Crippen LogP contribution in [0.25, 0.3) is 10.2 Å². The highest BCUT2D eigenvalue weighted by molar-refractivity contribution is 7.16. The average molecular weight is 463 g/mol. The van der Waals surface area contributed by atoms with Crippen molar-refractivity contribution in [2.24, 2.45) is 4.99 Å². The number of methoxy groups -OCH3 is 1. The Morgan fingerprint density at radius 2 is 1.79 bits per heavy atom. The molecule has 4 aromatic rings. The van der Waals surface area contributed by atoms with Crippen LogP contribution in [0, 0.1) is 10.1 Å². The lowest BCUT2D eigenvalue weighted by Gasteiger charge is -2.06. The molecular weight excluding hydrogens is 446 g/mol. The predicted molar refractivity (Wildman–Crippen MR) is 121 cm³/mol. The number of amides is 1. The van der Waals surface area contributed by atoms with Crippen LogP contribution in [0.1, 0.15) is 10.4 Å². The average Bonchev–Trinajstić information content (AvgIpc) is 3.15. The highest BCUT2D eigenvalue weighted by atomic mass is 32.1. The van der Waals surface area contributed by atoms with Gasteiger partial charge >= 0.3 is 5.97 Å². The summed E-state index contributed by atoms with van der Waals surface area (Å²) in [5, 5.41) is 11.1. The molecule has 1 aromatic heterocycles. The first kappa shape index (κ1) is 21.9. The molecule has 0 aliphatic rings. The molecule has 9 nitrogen and oxygen atoms in total. The van der Waals surface area contributed by atoms with Crippen molar-refractivity contribution in [3.8, 4) is 11.5 Å². The number of ether oxygens (including phenoxy) is 2. The molecule has 3 aromatic carbocycles. The number of aromatic nitrogens is 1. The molecular formula is C23H17N3O6S. The number of carbonyl (C=O) groups excluding carboxylic acids is 2. The van der Waals surface area contributed by atoms with E-state index in [0.717, 1.165) is 11.3 Å². The van der Waals surface area contributed by atoms with E-state index >= 15 is 0 Å². The number of nitro groups is 1. The van der Waals surface area contributed by atoms with Crippen molar-refractivity contribution < 1.29 is 24.0 Å². The molecule has 4 rings (SSSR count). The number of benzene rings is 3. The van der Waals surface area contributed by atoms with Crippen molar-refractivity contribution in [2.45, 2.75) is 6.54 Å². The van der Waals surface area contributed by atoms with Crippen LogP contribution in [0.15, 0.2) is 77.8 Å². The Kier molecular flexibility index (Phi) is 6.27. The zero-order valence-electron chi connectivity index (χ0n) is 17.3. The summed E-state index contributed by atoms with van der Waals surface area (Å²) in [4.78, 5) is 39.9. The van der Waals surface area contributed by atoms with E-state index in [1.165, 1.54) is 29.9 Å². The number of fused-ring (bicyclic) bond motifs is 1. The number of esters is 1. The smallest absolute Gasteiger partial charge is 0.325 e. The van der Waals surface area contributed by atoms with E-state index in [0.29, 0.717) is 21.7 Å². The highest BCUT2D eigenvalue weighted by Crippen LogP contribution is 2.24. The topological polar surface area (TPSA) is 113 Å². The summed E-state index contributed by atoms with van der Waals surface area (Å²) in [6.07, 6.45) is 0. The molecule has 0 saturated heterocycles. The number of hydrogen-bond acceptors (Lipinski definition) is 7. The summed E-state index contributed by atoms with van der Waals surface area (Å²) in [7, 11) is 1.25. The van der Waals surface area contributed by atoms with Gasteiger partial charge in [-0.1, -0.05) is 35.6 Å². The normalized spacial score (nSPS) is 11.4. The molecule has 1 heterocycles. The second-order valence-corrected chi connectivity index (χ2v) is 7.83. The minimum Gasteiger partial charge on any atom is -0.468 e. The molecule has 0 N–H and O–H groups in total. The quantitative estimate of drug-likeness (QED) is 0.239. The molecule has 33 heavy (non-hydrogen) atoms. The van der Waals surface area contributed by atoms with E-state index in [4.69, 9.17) is 9.47 Å². The summed E-state index contributed by atoms with van der Waals surface area (Å²) in [5.41, 5.74) is 0.720. The molecule has 0 unspecified atom stereocenters. The SMILES string of the molecule is COC(=O)Cn1c(=NC(=O)c2cccc(Oc3ccccc3)c2)sc2cc([N+](=O)[O-])ccc21. The van der Waals surface area contributed by atoms with Gasteiger partial charge in [-0.2, -0.15) is 4.99 Å². The minimum absolute atomic E-state index is 0.0994. The Labute approximate surface area is 191 Å². The fourth-order valence-electron chi connectivity index (χ4n) is 3.08. The highest BCUT2D eigenvalue weighted by Gasteiger charge is 2.16. The van der Waals surface area contributed by atoms with Crippen LogP contribution < -0.4 is 9.54 Å². The van der Waals surface area contributed by atoms with E-state index in [1.807, 2.05) is 18.2 Å². The summed E-state index contributed by atoms with van der Waals surface area (Å²) in [6, 6.07) is 19.9. The van der Waals surface area contributed by atoms with Gasteiger partial charge in [-0.05, 0) is 36.4 Å². The summed E-state index contributed by atoms with van der Waals surface area (Å²) in [6.45, 7) is -0.197. The molecule has 0 saturated carbocycles. The van der Waals surface area contributed by atoms with Gasteiger partial charge in [0.25, 0.3) is 11.6 Å². The number of rotatable bonds is 6. The van der Waals surface area contributed by atoms with Crippen molar-refractivity contribution in [1.82, 2.24) is 4.57 Å². The maximum absolute atomic E-state index is 12.9. The Balaban J connectivity index is 1.73. The Bertz CT molecular complexity index is 1430. The second kappa shape index (κ2) is 9.45. The molecule has 0 bridgehead atoms. The lowest BCUT2D eigenvalue weighted by molar-refractivity contribution is -0.384. The first-order valence-corrected chi connectivity index (χ1v) is 10.5. The molecule has 0 aliphatic heterocycles. The number of thiazole rings is 1. The van der Waals surface area contributed by atoms with E-state index in [2.05, 4.69) is 4.99 Å². The van der Waals surface area contributed by atoms with E-state index in [-0.39, 0.29) is 22.6 Å². The van der Waals surface area contributed by atoms with Gasteiger partial charge < -0.3 is 14.0 Å². The third-order valence-electron chi connectivity index (χ3n) is 4.65. The first-order valence-electron chi connectivity index (χ1n) is 9.71. The van der Waals surface area contributed by atoms with Crippen molar-refractivity contribution in [1.29, 1.82) is 0 Å². The largest absolute Gasteiger partial charge is 0.468 e. The molecule has 1 amide bonds.